The SMILES string of the molecule is CC(Nc1nc(-c2ccc(-c3ccccc3)cc2)cs1)c1ccccc1. The highest BCUT2D eigenvalue weighted by molar-refractivity contribution is 7.14. The molecule has 26 heavy (non-hydrogen) atoms. The zero-order chi connectivity index (χ0) is 17.8. The van der Waals surface area contributed by atoms with Gasteiger partial charge in [0.25, 0.3) is 0 Å². The van der Waals surface area contributed by atoms with Crippen molar-refractivity contribution in [2.45, 2.75) is 13.0 Å². The van der Waals surface area contributed by atoms with Gasteiger partial charge in [-0.2, -0.15) is 0 Å². The summed E-state index contributed by atoms with van der Waals surface area (Å²) in [7, 11) is 0. The average molecular weight is 356 g/mol. The Morgan fingerprint density at radius 3 is 2.00 bits per heavy atom. The summed E-state index contributed by atoms with van der Waals surface area (Å²) in [5, 5.41) is 6.55. The Bertz CT molecular complexity index is 960. The molecule has 4 aromatic rings. The van der Waals surface area contributed by atoms with E-state index in [1.165, 1.54) is 16.7 Å². The molecule has 1 aromatic heterocycles. The van der Waals surface area contributed by atoms with Crippen LogP contribution < -0.4 is 5.32 Å². The Morgan fingerprint density at radius 2 is 1.31 bits per heavy atom. The summed E-state index contributed by atoms with van der Waals surface area (Å²) in [5.74, 6) is 0. The van der Waals surface area contributed by atoms with Crippen molar-refractivity contribution in [3.63, 3.8) is 0 Å². The lowest BCUT2D eigenvalue weighted by Gasteiger charge is -2.12. The summed E-state index contributed by atoms with van der Waals surface area (Å²) < 4.78 is 0. The number of hydrogen-bond acceptors (Lipinski definition) is 3. The third-order valence-corrected chi connectivity index (χ3v) is 5.21. The summed E-state index contributed by atoms with van der Waals surface area (Å²) in [4.78, 5) is 4.76. The topological polar surface area (TPSA) is 24.9 Å². The third kappa shape index (κ3) is 3.68. The number of benzene rings is 3. The summed E-state index contributed by atoms with van der Waals surface area (Å²) in [6, 6.07) is 29.7. The molecular weight excluding hydrogens is 336 g/mol. The standard InChI is InChI=1S/C23H20N2S/c1-17(18-8-4-2-5-9-18)24-23-25-22(16-26-23)21-14-12-20(13-15-21)19-10-6-3-7-11-19/h2-17H,1H3,(H,24,25). The summed E-state index contributed by atoms with van der Waals surface area (Å²) in [5.41, 5.74) is 5.87. The highest BCUT2D eigenvalue weighted by Crippen LogP contribution is 2.29. The second kappa shape index (κ2) is 7.54. The van der Waals surface area contributed by atoms with E-state index in [9.17, 15) is 0 Å². The van der Waals surface area contributed by atoms with Crippen LogP contribution in [-0.4, -0.2) is 4.98 Å². The van der Waals surface area contributed by atoms with Crippen molar-refractivity contribution in [3.8, 4) is 22.4 Å². The van der Waals surface area contributed by atoms with Gasteiger partial charge in [-0.3, -0.25) is 0 Å². The predicted molar refractivity (Wildman–Crippen MR) is 111 cm³/mol. The maximum absolute atomic E-state index is 4.76. The van der Waals surface area contributed by atoms with E-state index in [2.05, 4.69) is 90.4 Å². The number of anilines is 1. The number of hydrogen-bond donors (Lipinski definition) is 1. The van der Waals surface area contributed by atoms with Crippen molar-refractivity contribution in [3.05, 3.63) is 95.9 Å². The highest BCUT2D eigenvalue weighted by atomic mass is 32.1. The van der Waals surface area contributed by atoms with Crippen LogP contribution in [0.2, 0.25) is 0 Å². The van der Waals surface area contributed by atoms with E-state index in [1.807, 2.05) is 12.1 Å². The quantitative estimate of drug-likeness (QED) is 0.433. The molecule has 0 saturated carbocycles. The zero-order valence-electron chi connectivity index (χ0n) is 14.6. The minimum absolute atomic E-state index is 0.232. The van der Waals surface area contributed by atoms with Crippen LogP contribution in [0, 0.1) is 0 Å². The molecule has 128 valence electrons. The Kier molecular flexibility index (Phi) is 4.80. The molecule has 0 fully saturated rings. The highest BCUT2D eigenvalue weighted by Gasteiger charge is 2.09. The summed E-state index contributed by atoms with van der Waals surface area (Å²) in [6.07, 6.45) is 0. The van der Waals surface area contributed by atoms with Crippen molar-refractivity contribution in [1.82, 2.24) is 4.98 Å². The van der Waals surface area contributed by atoms with Gasteiger partial charge in [-0.1, -0.05) is 84.9 Å². The van der Waals surface area contributed by atoms with Gasteiger partial charge < -0.3 is 5.32 Å². The van der Waals surface area contributed by atoms with E-state index >= 15 is 0 Å². The Morgan fingerprint density at radius 1 is 0.731 bits per heavy atom. The fraction of sp³-hybridized carbons (Fsp3) is 0.0870. The van der Waals surface area contributed by atoms with Crippen molar-refractivity contribution < 1.29 is 0 Å². The molecule has 0 amide bonds. The van der Waals surface area contributed by atoms with Crippen molar-refractivity contribution in [2.24, 2.45) is 0 Å². The van der Waals surface area contributed by atoms with E-state index in [-0.39, 0.29) is 6.04 Å². The molecule has 0 aliphatic heterocycles. The molecule has 0 radical (unpaired) electrons. The van der Waals surface area contributed by atoms with Gasteiger partial charge in [0.1, 0.15) is 0 Å². The molecule has 1 unspecified atom stereocenters. The third-order valence-electron chi connectivity index (χ3n) is 4.43. The number of thiazole rings is 1. The van der Waals surface area contributed by atoms with E-state index in [4.69, 9.17) is 4.98 Å². The Labute approximate surface area is 158 Å². The molecule has 1 N–H and O–H groups in total. The smallest absolute Gasteiger partial charge is 0.183 e. The normalized spacial score (nSPS) is 11.9. The van der Waals surface area contributed by atoms with Gasteiger partial charge in [-0.05, 0) is 23.6 Å². The molecular formula is C23H20N2S. The van der Waals surface area contributed by atoms with Crippen LogP contribution in [0.15, 0.2) is 90.3 Å². The van der Waals surface area contributed by atoms with E-state index in [0.29, 0.717) is 0 Å². The summed E-state index contributed by atoms with van der Waals surface area (Å²) >= 11 is 1.65. The molecule has 0 spiro atoms. The van der Waals surface area contributed by atoms with Crippen LogP contribution in [0.1, 0.15) is 18.5 Å². The van der Waals surface area contributed by atoms with Crippen LogP contribution in [-0.2, 0) is 0 Å². The van der Waals surface area contributed by atoms with Crippen LogP contribution in [0.3, 0.4) is 0 Å². The first-order valence-corrected chi connectivity index (χ1v) is 9.60. The lowest BCUT2D eigenvalue weighted by atomic mass is 10.0. The van der Waals surface area contributed by atoms with Gasteiger partial charge in [-0.25, -0.2) is 4.98 Å². The van der Waals surface area contributed by atoms with Gasteiger partial charge >= 0.3 is 0 Å². The number of rotatable bonds is 5. The van der Waals surface area contributed by atoms with Crippen LogP contribution >= 0.6 is 11.3 Å². The van der Waals surface area contributed by atoms with Crippen molar-refractivity contribution in [1.29, 1.82) is 0 Å². The van der Waals surface area contributed by atoms with Crippen LogP contribution in [0.4, 0.5) is 5.13 Å². The second-order valence-corrected chi connectivity index (χ2v) is 7.12. The number of aromatic nitrogens is 1. The monoisotopic (exact) mass is 356 g/mol. The Balaban J connectivity index is 1.49. The van der Waals surface area contributed by atoms with E-state index in [1.54, 1.807) is 11.3 Å². The molecule has 0 aliphatic rings. The van der Waals surface area contributed by atoms with Gasteiger partial charge in [0.05, 0.1) is 11.7 Å². The van der Waals surface area contributed by atoms with Gasteiger partial charge in [0.15, 0.2) is 5.13 Å². The van der Waals surface area contributed by atoms with Gasteiger partial charge in [-0.15, -0.1) is 11.3 Å². The molecule has 3 aromatic carbocycles. The fourth-order valence-electron chi connectivity index (χ4n) is 2.95. The molecule has 1 heterocycles. The number of nitrogens with one attached hydrogen (secondary N) is 1. The molecule has 0 saturated heterocycles. The fourth-order valence-corrected chi connectivity index (χ4v) is 3.75. The Hall–Kier alpha value is -2.91. The van der Waals surface area contributed by atoms with Gasteiger partial charge in [0.2, 0.25) is 0 Å². The first-order valence-electron chi connectivity index (χ1n) is 8.72. The zero-order valence-corrected chi connectivity index (χ0v) is 15.4. The predicted octanol–water partition coefficient (Wildman–Crippen LogP) is 6.65. The van der Waals surface area contributed by atoms with Crippen molar-refractivity contribution in [2.75, 3.05) is 5.32 Å². The minimum atomic E-state index is 0.232. The molecule has 4 rings (SSSR count). The van der Waals surface area contributed by atoms with E-state index < -0.39 is 0 Å². The molecule has 1 atom stereocenters. The molecule has 2 nitrogen and oxygen atoms in total. The number of nitrogens with zero attached hydrogens (tertiary/aromatic N) is 1. The lowest BCUT2D eigenvalue weighted by molar-refractivity contribution is 0.882. The minimum Gasteiger partial charge on any atom is -0.355 e. The molecule has 0 bridgehead atoms. The van der Waals surface area contributed by atoms with Crippen LogP contribution in [0.25, 0.3) is 22.4 Å². The van der Waals surface area contributed by atoms with E-state index in [0.717, 1.165) is 16.4 Å². The van der Waals surface area contributed by atoms with Crippen molar-refractivity contribution >= 4 is 16.5 Å². The second-order valence-electron chi connectivity index (χ2n) is 6.26. The van der Waals surface area contributed by atoms with Gasteiger partial charge in [0, 0.05) is 10.9 Å². The average Bonchev–Trinajstić information content (AvgIpc) is 3.18. The maximum Gasteiger partial charge on any atom is 0.183 e. The lowest BCUT2D eigenvalue weighted by Crippen LogP contribution is -2.05. The first kappa shape index (κ1) is 16.6. The summed E-state index contributed by atoms with van der Waals surface area (Å²) in [6.45, 7) is 2.16. The molecule has 3 heteroatoms. The largest absolute Gasteiger partial charge is 0.355 e. The van der Waals surface area contributed by atoms with Crippen LogP contribution in [0.5, 0.6) is 0 Å². The molecule has 0 aliphatic carbocycles. The first-order chi connectivity index (χ1) is 12.8. The maximum atomic E-state index is 4.76.